The minimum Gasteiger partial charge on any atom is -0.378 e. The zero-order valence-corrected chi connectivity index (χ0v) is 22.7. The summed E-state index contributed by atoms with van der Waals surface area (Å²) in [5, 5.41) is 0.280. The molecule has 2 aliphatic heterocycles. The van der Waals surface area contributed by atoms with Crippen LogP contribution in [0.5, 0.6) is 0 Å². The highest BCUT2D eigenvalue weighted by Gasteiger charge is 2.71. The molecule has 2 aromatic rings. The molecule has 1 aromatic heterocycles. The first-order valence-corrected chi connectivity index (χ1v) is 14.4. The Morgan fingerprint density at radius 1 is 1.23 bits per heavy atom. The molecule has 2 N–H and O–H groups in total. The summed E-state index contributed by atoms with van der Waals surface area (Å²) in [5.74, 6) is 0.117. The number of hydrogen-bond acceptors (Lipinski definition) is 5. The SMILES string of the molecule is [C-]#[N+]c1ccc(/C(F)=C/c2ccc(F)c([C@@]3(C)N=C(N)S[C@@]4(C(=O)N5CC[C@@H]6CCCC[C@H]6C5)C[C@H]43)c2)nc1. The van der Waals surface area contributed by atoms with Crippen molar-refractivity contribution in [1.29, 1.82) is 0 Å². The van der Waals surface area contributed by atoms with Crippen molar-refractivity contribution in [2.45, 2.75) is 55.7 Å². The number of carbonyl (C=O) groups is 1. The molecule has 2 saturated carbocycles. The van der Waals surface area contributed by atoms with Crippen molar-refractivity contribution in [1.82, 2.24) is 9.88 Å². The monoisotopic (exact) mass is 547 g/mol. The molecule has 1 saturated heterocycles. The number of amides is 1. The first-order valence-electron chi connectivity index (χ1n) is 13.6. The van der Waals surface area contributed by atoms with Gasteiger partial charge in [0.2, 0.25) is 11.6 Å². The molecule has 3 heterocycles. The second kappa shape index (κ2) is 9.74. The van der Waals surface area contributed by atoms with Gasteiger partial charge in [-0.15, -0.1) is 0 Å². The minimum atomic E-state index is -1.05. The fourth-order valence-corrected chi connectivity index (χ4v) is 8.39. The van der Waals surface area contributed by atoms with E-state index < -0.39 is 21.9 Å². The number of carbonyl (C=O) groups excluding carboxylic acids is 1. The van der Waals surface area contributed by atoms with Crippen LogP contribution in [-0.4, -0.2) is 38.8 Å². The Balaban J connectivity index is 1.28. The molecule has 0 unspecified atom stereocenters. The number of halogens is 2. The van der Waals surface area contributed by atoms with Gasteiger partial charge in [0.15, 0.2) is 5.17 Å². The molecule has 9 heteroatoms. The van der Waals surface area contributed by atoms with Crippen LogP contribution < -0.4 is 5.73 Å². The maximum absolute atomic E-state index is 15.4. The number of aliphatic imine (C=N–C) groups is 1. The van der Waals surface area contributed by atoms with Gasteiger partial charge < -0.3 is 10.6 Å². The van der Waals surface area contributed by atoms with E-state index in [9.17, 15) is 9.18 Å². The molecular formula is C30H31F2N5OS. The molecule has 2 aliphatic carbocycles. The topological polar surface area (TPSA) is 75.9 Å². The molecule has 202 valence electrons. The number of thioether (sulfide) groups is 1. The highest BCUT2D eigenvalue weighted by molar-refractivity contribution is 8.15. The first-order chi connectivity index (χ1) is 18.7. The summed E-state index contributed by atoms with van der Waals surface area (Å²) in [4.78, 5) is 28.0. The van der Waals surface area contributed by atoms with Gasteiger partial charge in [-0.2, -0.15) is 0 Å². The predicted octanol–water partition coefficient (Wildman–Crippen LogP) is 6.31. The third kappa shape index (κ3) is 4.53. The number of benzene rings is 1. The molecule has 39 heavy (non-hydrogen) atoms. The number of hydrogen-bond donors (Lipinski definition) is 1. The Morgan fingerprint density at radius 2 is 2.03 bits per heavy atom. The van der Waals surface area contributed by atoms with Crippen molar-refractivity contribution < 1.29 is 13.6 Å². The summed E-state index contributed by atoms with van der Waals surface area (Å²) in [6.07, 6.45) is 9.19. The molecular weight excluding hydrogens is 516 g/mol. The number of rotatable bonds is 4. The van der Waals surface area contributed by atoms with Crippen LogP contribution in [0.3, 0.4) is 0 Å². The van der Waals surface area contributed by atoms with Crippen LogP contribution >= 0.6 is 11.8 Å². The molecule has 6 rings (SSSR count). The molecule has 6 nitrogen and oxygen atoms in total. The Hall–Kier alpha value is -3.25. The Labute approximate surface area is 231 Å². The van der Waals surface area contributed by atoms with Crippen molar-refractivity contribution in [2.24, 2.45) is 28.5 Å². The highest BCUT2D eigenvalue weighted by Crippen LogP contribution is 2.66. The molecule has 1 aromatic carbocycles. The van der Waals surface area contributed by atoms with Crippen LogP contribution in [-0.2, 0) is 10.3 Å². The largest absolute Gasteiger partial charge is 0.378 e. The summed E-state index contributed by atoms with van der Waals surface area (Å²) in [7, 11) is 0. The number of fused-ring (bicyclic) bond motifs is 2. The van der Waals surface area contributed by atoms with Crippen LogP contribution in [0.2, 0.25) is 0 Å². The van der Waals surface area contributed by atoms with Gasteiger partial charge in [0.25, 0.3) is 0 Å². The Morgan fingerprint density at radius 3 is 2.77 bits per heavy atom. The highest BCUT2D eigenvalue weighted by atomic mass is 32.2. The summed E-state index contributed by atoms with van der Waals surface area (Å²) in [5.41, 5.74) is 6.42. The number of nitrogens with two attached hydrogens (primary N) is 1. The molecule has 1 amide bonds. The summed E-state index contributed by atoms with van der Waals surface area (Å²) in [6.45, 7) is 10.4. The lowest BCUT2D eigenvalue weighted by molar-refractivity contribution is -0.135. The van der Waals surface area contributed by atoms with Crippen LogP contribution in [0.15, 0.2) is 41.5 Å². The maximum Gasteiger partial charge on any atom is 0.239 e. The molecule has 0 spiro atoms. The number of aromatic nitrogens is 1. The minimum absolute atomic E-state index is 0.0874. The molecule has 4 aliphatic rings. The zero-order chi connectivity index (χ0) is 27.4. The van der Waals surface area contributed by atoms with Crippen LogP contribution in [0.25, 0.3) is 16.7 Å². The summed E-state index contributed by atoms with van der Waals surface area (Å²) >= 11 is 1.32. The first kappa shape index (κ1) is 26.0. The van der Waals surface area contributed by atoms with Crippen molar-refractivity contribution in [3.63, 3.8) is 0 Å². The second-order valence-corrected chi connectivity index (χ2v) is 12.8. The van der Waals surface area contributed by atoms with Gasteiger partial charge in [0.1, 0.15) is 16.4 Å². The molecule has 3 fully saturated rings. The van der Waals surface area contributed by atoms with Gasteiger partial charge in [-0.25, -0.2) is 13.6 Å². The van der Waals surface area contributed by atoms with Gasteiger partial charge in [-0.1, -0.05) is 43.2 Å². The van der Waals surface area contributed by atoms with E-state index in [-0.39, 0.29) is 22.7 Å². The van der Waals surface area contributed by atoms with Gasteiger partial charge in [-0.3, -0.25) is 14.8 Å². The van der Waals surface area contributed by atoms with Gasteiger partial charge in [-0.05, 0) is 67.9 Å². The van der Waals surface area contributed by atoms with E-state index in [1.165, 1.54) is 74.0 Å². The van der Waals surface area contributed by atoms with Crippen molar-refractivity contribution in [3.05, 3.63) is 70.6 Å². The number of piperidine rings is 1. The standard InChI is InChI=1S/C30H31F2N5OS/c1-29(22-13-18(7-9-23(22)31)14-24(32)25-10-8-21(34-2)16-35-25)26-15-30(26,39-28(33)36-29)27(38)37-12-11-19-5-3-4-6-20(19)17-37/h7-10,13-14,16,19-20,26H,3-6,11-12,15,17H2,1H3,(H2,33,36)/b24-14-/t19-,20-,26-,29+,30-/m0/s1. The van der Waals surface area contributed by atoms with E-state index in [0.29, 0.717) is 29.2 Å². The lowest BCUT2D eigenvalue weighted by Gasteiger charge is -2.43. The Kier molecular flexibility index (Phi) is 6.49. The van der Waals surface area contributed by atoms with Gasteiger partial charge >= 0.3 is 0 Å². The third-order valence-corrected chi connectivity index (χ3v) is 10.4. The molecule has 0 radical (unpaired) electrons. The fourth-order valence-electron chi connectivity index (χ4n) is 6.94. The van der Waals surface area contributed by atoms with Gasteiger partial charge in [0, 0.05) is 30.8 Å². The Bertz CT molecular complexity index is 1420. The van der Waals surface area contributed by atoms with Crippen molar-refractivity contribution >= 4 is 40.4 Å². The molecule has 0 bridgehead atoms. The normalized spacial score (nSPS) is 31.9. The van der Waals surface area contributed by atoms with E-state index in [4.69, 9.17) is 17.3 Å². The fraction of sp³-hybridized carbons (Fsp3) is 0.467. The molecule has 5 atom stereocenters. The predicted molar refractivity (Wildman–Crippen MR) is 150 cm³/mol. The average Bonchev–Trinajstić information content (AvgIpc) is 3.70. The zero-order valence-electron chi connectivity index (χ0n) is 21.9. The quantitative estimate of drug-likeness (QED) is 0.455. The second-order valence-electron chi connectivity index (χ2n) is 11.4. The van der Waals surface area contributed by atoms with E-state index in [1.54, 1.807) is 6.07 Å². The van der Waals surface area contributed by atoms with E-state index >= 15 is 4.39 Å². The third-order valence-electron chi connectivity index (χ3n) is 9.11. The van der Waals surface area contributed by atoms with E-state index in [2.05, 4.69) is 9.83 Å². The number of nitrogens with zero attached hydrogens (tertiary/aromatic N) is 4. The maximum atomic E-state index is 15.4. The van der Waals surface area contributed by atoms with Crippen LogP contribution in [0, 0.1) is 30.1 Å². The van der Waals surface area contributed by atoms with E-state index in [1.807, 2.05) is 11.8 Å². The number of pyridine rings is 1. The lowest BCUT2D eigenvalue weighted by atomic mass is 9.75. The van der Waals surface area contributed by atoms with Crippen molar-refractivity contribution in [2.75, 3.05) is 13.1 Å². The summed E-state index contributed by atoms with van der Waals surface area (Å²) in [6, 6.07) is 7.34. The smallest absolute Gasteiger partial charge is 0.239 e. The summed E-state index contributed by atoms with van der Waals surface area (Å²) < 4.78 is 29.6. The van der Waals surface area contributed by atoms with Crippen molar-refractivity contribution in [3.8, 4) is 0 Å². The average molecular weight is 548 g/mol. The number of likely N-dealkylation sites (tertiary alicyclic amines) is 1. The van der Waals surface area contributed by atoms with Gasteiger partial charge in [0.05, 0.1) is 17.8 Å². The van der Waals surface area contributed by atoms with E-state index in [0.717, 1.165) is 25.4 Å². The van der Waals surface area contributed by atoms with Crippen LogP contribution in [0.1, 0.15) is 62.3 Å². The number of amidine groups is 1. The lowest BCUT2D eigenvalue weighted by Crippen LogP contribution is -2.51. The van der Waals surface area contributed by atoms with Crippen LogP contribution in [0.4, 0.5) is 14.5 Å².